The first-order valence-electron chi connectivity index (χ1n) is 11.9. The largest absolute Gasteiger partial charge is 0.508 e. The maximum atomic E-state index is 11.2. The standard InChI is InChI=1S/C33H28O2/c1-22-10-6-8-14-27(22)25-16-18-29(31(34)20-25)33(24-12-4-3-5-13-24)30-19-17-26(21-32(30)35)28-15-9-7-11-23(28)2/h3-21,33-35H,1-2H3. The Morgan fingerprint density at radius 1 is 0.486 bits per heavy atom. The van der Waals surface area contributed by atoms with Crippen molar-refractivity contribution in [2.75, 3.05) is 0 Å². The van der Waals surface area contributed by atoms with Gasteiger partial charge in [-0.15, -0.1) is 0 Å². The summed E-state index contributed by atoms with van der Waals surface area (Å²) in [6.07, 6.45) is 0. The summed E-state index contributed by atoms with van der Waals surface area (Å²) in [6, 6.07) is 38.0. The molecule has 0 aliphatic carbocycles. The molecule has 5 aromatic carbocycles. The number of rotatable bonds is 5. The zero-order valence-electron chi connectivity index (χ0n) is 19.9. The molecule has 0 saturated heterocycles. The highest BCUT2D eigenvalue weighted by Crippen LogP contribution is 2.43. The van der Waals surface area contributed by atoms with Gasteiger partial charge in [-0.2, -0.15) is 0 Å². The van der Waals surface area contributed by atoms with Gasteiger partial charge in [-0.1, -0.05) is 103 Å². The number of phenols is 2. The Labute approximate surface area is 206 Å². The molecule has 0 unspecified atom stereocenters. The second kappa shape index (κ2) is 9.52. The summed E-state index contributed by atoms with van der Waals surface area (Å²) in [7, 11) is 0. The van der Waals surface area contributed by atoms with Gasteiger partial charge in [0.15, 0.2) is 0 Å². The Balaban J connectivity index is 1.62. The molecule has 0 aliphatic heterocycles. The van der Waals surface area contributed by atoms with Gasteiger partial charge in [0.25, 0.3) is 0 Å². The quantitative estimate of drug-likeness (QED) is 0.262. The van der Waals surface area contributed by atoms with Crippen molar-refractivity contribution in [3.8, 4) is 33.8 Å². The van der Waals surface area contributed by atoms with E-state index in [4.69, 9.17) is 0 Å². The minimum atomic E-state index is -0.312. The molecule has 2 N–H and O–H groups in total. The molecule has 35 heavy (non-hydrogen) atoms. The van der Waals surface area contributed by atoms with Crippen molar-refractivity contribution in [2.45, 2.75) is 19.8 Å². The Kier molecular flexibility index (Phi) is 6.12. The van der Waals surface area contributed by atoms with Crippen molar-refractivity contribution in [1.29, 1.82) is 0 Å². The van der Waals surface area contributed by atoms with Crippen LogP contribution in [0.15, 0.2) is 115 Å². The highest BCUT2D eigenvalue weighted by atomic mass is 16.3. The van der Waals surface area contributed by atoms with E-state index in [1.165, 1.54) is 0 Å². The van der Waals surface area contributed by atoms with Crippen LogP contribution >= 0.6 is 0 Å². The minimum Gasteiger partial charge on any atom is -0.508 e. The fraction of sp³-hybridized carbons (Fsp3) is 0.0909. The second-order valence-electron chi connectivity index (χ2n) is 9.02. The summed E-state index contributed by atoms with van der Waals surface area (Å²) in [6.45, 7) is 4.14. The summed E-state index contributed by atoms with van der Waals surface area (Å²) in [5, 5.41) is 22.4. The van der Waals surface area contributed by atoms with E-state index in [0.29, 0.717) is 0 Å². The van der Waals surface area contributed by atoms with Crippen molar-refractivity contribution >= 4 is 0 Å². The van der Waals surface area contributed by atoms with E-state index in [1.54, 1.807) is 0 Å². The first-order valence-corrected chi connectivity index (χ1v) is 11.9. The zero-order chi connectivity index (χ0) is 24.4. The van der Waals surface area contributed by atoms with Gasteiger partial charge >= 0.3 is 0 Å². The van der Waals surface area contributed by atoms with Crippen LogP contribution in [0.25, 0.3) is 22.3 Å². The summed E-state index contributed by atoms with van der Waals surface area (Å²) < 4.78 is 0. The highest BCUT2D eigenvalue weighted by Gasteiger charge is 2.23. The molecule has 172 valence electrons. The number of hydrogen-bond donors (Lipinski definition) is 2. The normalized spacial score (nSPS) is 11.1. The third kappa shape index (κ3) is 4.43. The molecule has 2 heteroatoms. The van der Waals surface area contributed by atoms with Crippen molar-refractivity contribution < 1.29 is 10.2 Å². The fourth-order valence-corrected chi connectivity index (χ4v) is 4.88. The summed E-state index contributed by atoms with van der Waals surface area (Å²) in [5.41, 5.74) is 8.95. The van der Waals surface area contributed by atoms with E-state index in [2.05, 4.69) is 38.1 Å². The third-order valence-electron chi connectivity index (χ3n) is 6.73. The first-order chi connectivity index (χ1) is 17.0. The SMILES string of the molecule is Cc1ccccc1-c1ccc(C(c2ccccc2)c2ccc(-c3ccccc3C)cc2O)c(O)c1. The van der Waals surface area contributed by atoms with Crippen molar-refractivity contribution in [3.63, 3.8) is 0 Å². The van der Waals surface area contributed by atoms with Crippen LogP contribution in [0.3, 0.4) is 0 Å². The lowest BCUT2D eigenvalue weighted by Crippen LogP contribution is -2.04. The van der Waals surface area contributed by atoms with Gasteiger partial charge in [-0.05, 0) is 64.9 Å². The molecular formula is C33H28O2. The molecule has 0 atom stereocenters. The van der Waals surface area contributed by atoms with Gasteiger partial charge in [0, 0.05) is 17.0 Å². The molecular weight excluding hydrogens is 428 g/mol. The lowest BCUT2D eigenvalue weighted by atomic mass is 9.82. The number of aryl methyl sites for hydroxylation is 2. The lowest BCUT2D eigenvalue weighted by molar-refractivity contribution is 0.459. The Hall–Kier alpha value is -4.30. The van der Waals surface area contributed by atoms with E-state index in [9.17, 15) is 10.2 Å². The number of benzene rings is 5. The summed E-state index contributed by atoms with van der Waals surface area (Å²) in [4.78, 5) is 0. The smallest absolute Gasteiger partial charge is 0.120 e. The van der Waals surface area contributed by atoms with Crippen LogP contribution < -0.4 is 0 Å². The number of hydrogen-bond acceptors (Lipinski definition) is 2. The molecule has 0 spiro atoms. The average Bonchev–Trinajstić information content (AvgIpc) is 2.87. The fourth-order valence-electron chi connectivity index (χ4n) is 4.88. The van der Waals surface area contributed by atoms with Gasteiger partial charge in [0.2, 0.25) is 0 Å². The minimum absolute atomic E-state index is 0.210. The van der Waals surface area contributed by atoms with Crippen LogP contribution in [0.2, 0.25) is 0 Å². The Bertz CT molecular complexity index is 1390. The molecule has 0 radical (unpaired) electrons. The van der Waals surface area contributed by atoms with Crippen LogP contribution in [-0.4, -0.2) is 10.2 Å². The molecule has 5 rings (SSSR count). The molecule has 0 aromatic heterocycles. The van der Waals surface area contributed by atoms with Gasteiger partial charge in [0.1, 0.15) is 11.5 Å². The van der Waals surface area contributed by atoms with Gasteiger partial charge in [0.05, 0.1) is 0 Å². The topological polar surface area (TPSA) is 40.5 Å². The third-order valence-corrected chi connectivity index (χ3v) is 6.73. The van der Waals surface area contributed by atoms with E-state index < -0.39 is 0 Å². The molecule has 5 aromatic rings. The zero-order valence-corrected chi connectivity index (χ0v) is 19.9. The second-order valence-corrected chi connectivity index (χ2v) is 9.02. The van der Waals surface area contributed by atoms with E-state index in [1.807, 2.05) is 91.0 Å². The van der Waals surface area contributed by atoms with E-state index in [0.717, 1.165) is 50.1 Å². The number of aromatic hydroxyl groups is 2. The van der Waals surface area contributed by atoms with Crippen LogP contribution in [0, 0.1) is 13.8 Å². The lowest BCUT2D eigenvalue weighted by Gasteiger charge is -2.22. The first kappa shape index (κ1) is 22.5. The van der Waals surface area contributed by atoms with Crippen molar-refractivity contribution in [2.24, 2.45) is 0 Å². The Morgan fingerprint density at radius 2 is 0.914 bits per heavy atom. The molecule has 0 fully saturated rings. The number of phenolic OH excluding ortho intramolecular Hbond substituents is 2. The average molecular weight is 457 g/mol. The summed E-state index contributed by atoms with van der Waals surface area (Å²) >= 11 is 0. The van der Waals surface area contributed by atoms with Crippen molar-refractivity contribution in [3.05, 3.63) is 143 Å². The molecule has 0 saturated carbocycles. The maximum Gasteiger partial charge on any atom is 0.120 e. The van der Waals surface area contributed by atoms with Gasteiger partial charge in [-0.25, -0.2) is 0 Å². The monoisotopic (exact) mass is 456 g/mol. The van der Waals surface area contributed by atoms with Crippen molar-refractivity contribution in [1.82, 2.24) is 0 Å². The van der Waals surface area contributed by atoms with E-state index >= 15 is 0 Å². The summed E-state index contributed by atoms with van der Waals surface area (Å²) in [5.74, 6) is 0.108. The van der Waals surface area contributed by atoms with Crippen LogP contribution in [0.1, 0.15) is 33.7 Å². The van der Waals surface area contributed by atoms with Crippen LogP contribution in [-0.2, 0) is 0 Å². The Morgan fingerprint density at radius 3 is 1.34 bits per heavy atom. The predicted octanol–water partition coefficient (Wildman–Crippen LogP) is 8.23. The molecule has 2 nitrogen and oxygen atoms in total. The molecule has 0 aliphatic rings. The molecule has 0 heterocycles. The maximum absolute atomic E-state index is 11.2. The molecule has 0 amide bonds. The van der Waals surface area contributed by atoms with Crippen LogP contribution in [0.4, 0.5) is 0 Å². The highest BCUT2D eigenvalue weighted by molar-refractivity contribution is 5.72. The predicted molar refractivity (Wildman–Crippen MR) is 144 cm³/mol. The molecule has 0 bridgehead atoms. The van der Waals surface area contributed by atoms with Gasteiger partial charge in [-0.3, -0.25) is 0 Å². The van der Waals surface area contributed by atoms with E-state index in [-0.39, 0.29) is 17.4 Å². The van der Waals surface area contributed by atoms with Gasteiger partial charge < -0.3 is 10.2 Å². The van der Waals surface area contributed by atoms with Crippen LogP contribution in [0.5, 0.6) is 11.5 Å².